The van der Waals surface area contributed by atoms with Gasteiger partial charge < -0.3 is 14.6 Å². The molecule has 1 saturated carbocycles. The molecule has 0 spiro atoms. The van der Waals surface area contributed by atoms with Crippen LogP contribution in [0.3, 0.4) is 0 Å². The van der Waals surface area contributed by atoms with Crippen molar-refractivity contribution < 1.29 is 9.21 Å². The molecule has 2 unspecified atom stereocenters. The van der Waals surface area contributed by atoms with E-state index in [1.165, 1.54) is 18.1 Å². The molecule has 0 saturated heterocycles. The third-order valence-corrected chi connectivity index (χ3v) is 4.59. The molecule has 1 aliphatic carbocycles. The van der Waals surface area contributed by atoms with Crippen molar-refractivity contribution >= 4 is 17.7 Å². The van der Waals surface area contributed by atoms with E-state index in [4.69, 9.17) is 4.42 Å². The van der Waals surface area contributed by atoms with Gasteiger partial charge in [-0.15, -0.1) is 0 Å². The first-order valence-electron chi connectivity index (χ1n) is 8.84. The van der Waals surface area contributed by atoms with Gasteiger partial charge >= 0.3 is 0 Å². The van der Waals surface area contributed by atoms with Gasteiger partial charge in [0.15, 0.2) is 0 Å². The number of carbonyl (C=O) groups excluding carboxylic acids is 1. The second-order valence-corrected chi connectivity index (χ2v) is 7.13. The van der Waals surface area contributed by atoms with Crippen molar-refractivity contribution in [1.29, 1.82) is 0 Å². The molecular weight excluding hydrogens is 312 g/mol. The molecule has 1 aromatic carbocycles. The maximum atomic E-state index is 12.0. The fraction of sp³-hybridized carbons (Fsp3) is 0.381. The Kier molecular flexibility index (Phi) is 5.39. The Morgan fingerprint density at radius 3 is 2.60 bits per heavy atom. The van der Waals surface area contributed by atoms with Gasteiger partial charge in [0.1, 0.15) is 11.5 Å². The van der Waals surface area contributed by atoms with Crippen molar-refractivity contribution in [1.82, 2.24) is 4.90 Å². The van der Waals surface area contributed by atoms with Crippen LogP contribution in [0.5, 0.6) is 0 Å². The minimum Gasteiger partial charge on any atom is -0.461 e. The summed E-state index contributed by atoms with van der Waals surface area (Å²) in [5.74, 6) is 2.87. The highest BCUT2D eigenvalue weighted by Gasteiger charge is 2.36. The zero-order chi connectivity index (χ0) is 17.8. The highest BCUT2D eigenvalue weighted by Crippen LogP contribution is 2.47. The fourth-order valence-corrected chi connectivity index (χ4v) is 2.82. The van der Waals surface area contributed by atoms with Gasteiger partial charge in [-0.2, -0.15) is 0 Å². The van der Waals surface area contributed by atoms with Gasteiger partial charge in [0, 0.05) is 24.2 Å². The quantitative estimate of drug-likeness (QED) is 0.771. The molecule has 1 aromatic heterocycles. The Bertz CT molecular complexity index is 744. The van der Waals surface area contributed by atoms with Crippen molar-refractivity contribution in [3.05, 3.63) is 59.6 Å². The lowest BCUT2D eigenvalue weighted by molar-refractivity contribution is -0.111. The molecule has 1 aliphatic rings. The summed E-state index contributed by atoms with van der Waals surface area (Å²) in [4.78, 5) is 14.2. The molecule has 0 radical (unpaired) electrons. The second-order valence-electron chi connectivity index (χ2n) is 7.13. The van der Waals surface area contributed by atoms with Crippen molar-refractivity contribution in [3.63, 3.8) is 0 Å². The standard InChI is InChI=1S/C21H26N2O2/c1-15-14-19(15)20-10-8-18(25-20)9-11-21(24)22-17-6-4-16(5-7-17)12-13-23(2)3/h4-11,15,19H,12-14H2,1-3H3,(H,22,24)/b11-9+. The van der Waals surface area contributed by atoms with Gasteiger partial charge in [-0.3, -0.25) is 4.79 Å². The number of hydrogen-bond donors (Lipinski definition) is 1. The molecule has 3 rings (SSSR count). The predicted molar refractivity (Wildman–Crippen MR) is 102 cm³/mol. The number of rotatable bonds is 7. The summed E-state index contributed by atoms with van der Waals surface area (Å²) in [6.45, 7) is 3.24. The van der Waals surface area contributed by atoms with Crippen LogP contribution in [0.15, 0.2) is 46.9 Å². The zero-order valence-corrected chi connectivity index (χ0v) is 15.2. The first-order chi connectivity index (χ1) is 12.0. The third-order valence-electron chi connectivity index (χ3n) is 4.59. The summed E-state index contributed by atoms with van der Waals surface area (Å²) >= 11 is 0. The first-order valence-corrected chi connectivity index (χ1v) is 8.84. The molecule has 0 aliphatic heterocycles. The maximum Gasteiger partial charge on any atom is 0.248 e. The lowest BCUT2D eigenvalue weighted by Crippen LogP contribution is -2.15. The average molecular weight is 338 g/mol. The Labute approximate surface area is 149 Å². The molecular formula is C21H26N2O2. The number of likely N-dealkylation sites (N-methyl/N-ethyl adjacent to an activating group) is 1. The van der Waals surface area contributed by atoms with Crippen molar-refractivity contribution in [2.75, 3.05) is 26.0 Å². The Morgan fingerprint density at radius 2 is 1.96 bits per heavy atom. The van der Waals surface area contributed by atoms with E-state index in [2.05, 4.69) is 43.4 Å². The SMILES string of the molecule is CC1CC1c1ccc(/C=C/C(=O)Nc2ccc(CCN(C)C)cc2)o1. The van der Waals surface area contributed by atoms with E-state index in [9.17, 15) is 4.79 Å². The van der Waals surface area contributed by atoms with Crippen LogP contribution in [-0.2, 0) is 11.2 Å². The van der Waals surface area contributed by atoms with Crippen LogP contribution in [0.25, 0.3) is 6.08 Å². The number of benzene rings is 1. The van der Waals surface area contributed by atoms with E-state index in [-0.39, 0.29) is 5.91 Å². The van der Waals surface area contributed by atoms with Crippen LogP contribution in [-0.4, -0.2) is 31.4 Å². The molecule has 2 atom stereocenters. The van der Waals surface area contributed by atoms with Gasteiger partial charge in [-0.05, 0) is 68.8 Å². The summed E-state index contributed by atoms with van der Waals surface area (Å²) in [5, 5.41) is 2.88. The maximum absolute atomic E-state index is 12.0. The van der Waals surface area contributed by atoms with Crippen LogP contribution in [0.2, 0.25) is 0 Å². The van der Waals surface area contributed by atoms with Crippen molar-refractivity contribution in [3.8, 4) is 0 Å². The summed E-state index contributed by atoms with van der Waals surface area (Å²) in [5.41, 5.74) is 2.06. The zero-order valence-electron chi connectivity index (χ0n) is 15.2. The molecule has 25 heavy (non-hydrogen) atoms. The Balaban J connectivity index is 1.50. The normalized spacial score (nSPS) is 19.5. The van der Waals surface area contributed by atoms with Crippen LogP contribution in [0.1, 0.15) is 36.3 Å². The Morgan fingerprint density at radius 1 is 1.24 bits per heavy atom. The number of nitrogens with zero attached hydrogens (tertiary/aromatic N) is 1. The number of amides is 1. The number of nitrogens with one attached hydrogen (secondary N) is 1. The monoisotopic (exact) mass is 338 g/mol. The third kappa shape index (κ3) is 5.07. The summed E-state index contributed by atoms with van der Waals surface area (Å²) in [6.07, 6.45) is 5.43. The van der Waals surface area contributed by atoms with Crippen molar-refractivity contribution in [2.45, 2.75) is 25.7 Å². The summed E-state index contributed by atoms with van der Waals surface area (Å²) < 4.78 is 5.77. The molecule has 1 amide bonds. The molecule has 2 aromatic rings. The Hall–Kier alpha value is -2.33. The van der Waals surface area contributed by atoms with Crippen LogP contribution >= 0.6 is 0 Å². The molecule has 0 bridgehead atoms. The lowest BCUT2D eigenvalue weighted by atomic mass is 10.1. The first kappa shape index (κ1) is 17.5. The van der Waals surface area contributed by atoms with E-state index in [1.54, 1.807) is 6.08 Å². The average Bonchev–Trinajstić information content (AvgIpc) is 3.13. The van der Waals surface area contributed by atoms with Crippen LogP contribution in [0, 0.1) is 5.92 Å². The highest BCUT2D eigenvalue weighted by atomic mass is 16.3. The van der Waals surface area contributed by atoms with Gasteiger partial charge in [0.2, 0.25) is 5.91 Å². The van der Waals surface area contributed by atoms with Gasteiger partial charge in [0.05, 0.1) is 0 Å². The minimum atomic E-state index is -0.154. The smallest absolute Gasteiger partial charge is 0.248 e. The number of hydrogen-bond acceptors (Lipinski definition) is 3. The van der Waals surface area contributed by atoms with E-state index in [0.717, 1.165) is 30.2 Å². The molecule has 4 nitrogen and oxygen atoms in total. The minimum absolute atomic E-state index is 0.154. The molecule has 1 heterocycles. The predicted octanol–water partition coefficient (Wildman–Crippen LogP) is 4.16. The number of carbonyl (C=O) groups is 1. The summed E-state index contributed by atoms with van der Waals surface area (Å²) in [6, 6.07) is 11.9. The molecule has 132 valence electrons. The number of furan rings is 1. The second kappa shape index (κ2) is 7.70. The summed E-state index contributed by atoms with van der Waals surface area (Å²) in [7, 11) is 4.13. The largest absolute Gasteiger partial charge is 0.461 e. The van der Waals surface area contributed by atoms with Gasteiger partial charge in [0.25, 0.3) is 0 Å². The van der Waals surface area contributed by atoms with E-state index >= 15 is 0 Å². The molecule has 1 fully saturated rings. The topological polar surface area (TPSA) is 45.5 Å². The van der Waals surface area contributed by atoms with E-state index in [1.807, 2.05) is 24.3 Å². The molecule has 4 heteroatoms. The number of anilines is 1. The lowest BCUT2D eigenvalue weighted by Gasteiger charge is -2.09. The molecule has 1 N–H and O–H groups in total. The van der Waals surface area contributed by atoms with Gasteiger partial charge in [-0.25, -0.2) is 0 Å². The highest BCUT2D eigenvalue weighted by molar-refractivity contribution is 6.01. The van der Waals surface area contributed by atoms with E-state index in [0.29, 0.717) is 11.8 Å². The van der Waals surface area contributed by atoms with Crippen LogP contribution in [0.4, 0.5) is 5.69 Å². The van der Waals surface area contributed by atoms with Crippen LogP contribution < -0.4 is 5.32 Å². The van der Waals surface area contributed by atoms with E-state index < -0.39 is 0 Å². The van der Waals surface area contributed by atoms with Crippen molar-refractivity contribution in [2.24, 2.45) is 5.92 Å². The fourth-order valence-electron chi connectivity index (χ4n) is 2.82. The van der Waals surface area contributed by atoms with Gasteiger partial charge in [-0.1, -0.05) is 19.1 Å².